The molecule has 0 saturated carbocycles. The minimum Gasteiger partial charge on any atom is -0.450 e. The molecule has 0 saturated heterocycles. The summed E-state index contributed by atoms with van der Waals surface area (Å²) in [6.07, 6.45) is 1.93. The van der Waals surface area contributed by atoms with Crippen LogP contribution >= 0.6 is 0 Å². The van der Waals surface area contributed by atoms with Crippen LogP contribution in [0.4, 0.5) is 0 Å². The van der Waals surface area contributed by atoms with Gasteiger partial charge < -0.3 is 8.98 Å². The first-order valence-corrected chi connectivity index (χ1v) is 21.7. The third kappa shape index (κ3) is 4.63. The SMILES string of the molecule is c1ccc([Si](c2ccccc2)(c2ccccc2)c2cc3c(cn2)oc2c(-n4c5ccccc5c5ccccc54)cc(-n4c5ccccc5c5ccccc54)nc23)cc1. The summed E-state index contributed by atoms with van der Waals surface area (Å²) < 4.78 is 11.6. The molecule has 0 amide bonds. The van der Waals surface area contributed by atoms with Crippen molar-refractivity contribution in [3.63, 3.8) is 0 Å². The van der Waals surface area contributed by atoms with Crippen molar-refractivity contribution < 1.29 is 4.42 Å². The minimum atomic E-state index is -2.95. The van der Waals surface area contributed by atoms with Crippen molar-refractivity contribution in [2.45, 2.75) is 0 Å². The lowest BCUT2D eigenvalue weighted by Crippen LogP contribution is -2.75. The molecule has 0 radical (unpaired) electrons. The van der Waals surface area contributed by atoms with Gasteiger partial charge in [-0.1, -0.05) is 164 Å². The predicted molar refractivity (Wildman–Crippen MR) is 242 cm³/mol. The first-order chi connectivity index (χ1) is 28.8. The summed E-state index contributed by atoms with van der Waals surface area (Å²) in [4.78, 5) is 11.0. The highest BCUT2D eigenvalue weighted by Crippen LogP contribution is 2.40. The lowest BCUT2D eigenvalue weighted by atomic mass is 10.2. The van der Waals surface area contributed by atoms with E-state index in [1.54, 1.807) is 0 Å². The second-order valence-electron chi connectivity index (χ2n) is 14.9. The maximum absolute atomic E-state index is 7.00. The van der Waals surface area contributed by atoms with E-state index in [2.05, 4.69) is 209 Å². The molecule has 5 heterocycles. The first kappa shape index (κ1) is 32.7. The predicted octanol–water partition coefficient (Wildman–Crippen LogP) is 9.95. The number of hydrogen-bond acceptors (Lipinski definition) is 3. The van der Waals surface area contributed by atoms with Gasteiger partial charge in [0.05, 0.1) is 34.0 Å². The number of nitrogens with zero attached hydrogens (tertiary/aromatic N) is 4. The molecule has 0 spiro atoms. The molecule has 0 aliphatic heterocycles. The quantitative estimate of drug-likeness (QED) is 0.125. The second-order valence-corrected chi connectivity index (χ2v) is 18.7. The van der Waals surface area contributed by atoms with Gasteiger partial charge in [0.25, 0.3) is 0 Å². The zero-order valence-corrected chi connectivity index (χ0v) is 32.3. The van der Waals surface area contributed by atoms with Crippen LogP contribution in [0.5, 0.6) is 0 Å². The largest absolute Gasteiger partial charge is 0.450 e. The van der Waals surface area contributed by atoms with Gasteiger partial charge >= 0.3 is 0 Å². The first-order valence-electron chi connectivity index (χ1n) is 19.7. The van der Waals surface area contributed by atoms with Gasteiger partial charge in [0, 0.05) is 38.3 Å². The molecule has 5 nitrogen and oxygen atoms in total. The Kier molecular flexibility index (Phi) is 7.18. The van der Waals surface area contributed by atoms with Crippen LogP contribution in [0.2, 0.25) is 0 Å². The number of benzene rings is 7. The maximum atomic E-state index is 7.00. The molecule has 0 atom stereocenters. The van der Waals surface area contributed by atoms with Gasteiger partial charge in [0.15, 0.2) is 11.2 Å². The van der Waals surface area contributed by atoms with Gasteiger partial charge in [-0.25, -0.2) is 4.98 Å². The lowest BCUT2D eigenvalue weighted by molar-refractivity contribution is 0.663. The molecule has 0 bridgehead atoms. The molecule has 5 aromatic heterocycles. The summed E-state index contributed by atoms with van der Waals surface area (Å²) in [5.41, 5.74) is 7.55. The van der Waals surface area contributed by atoms with Gasteiger partial charge in [-0.05, 0) is 45.9 Å². The fourth-order valence-electron chi connectivity index (χ4n) is 9.45. The van der Waals surface area contributed by atoms with E-state index in [9.17, 15) is 0 Å². The molecular weight excluding hydrogens is 725 g/mol. The number of hydrogen-bond donors (Lipinski definition) is 0. The standard InChI is InChI=1S/C52H34N4OSi/c1-4-18-35(19-5-1)58(36-20-6-2-7-21-36,37-22-8-3-9-23-37)50-32-42-48(34-53-50)57-52-47(55-43-28-14-10-24-38(43)39-25-11-15-29-44(39)55)33-49(54-51(42)52)56-45-30-16-12-26-40(45)41-27-13-17-31-46(41)56/h1-34H. The number of rotatable bonds is 6. The lowest BCUT2D eigenvalue weighted by Gasteiger charge is -2.33. The molecule has 12 aromatic rings. The van der Waals surface area contributed by atoms with Crippen molar-refractivity contribution >= 4 is 94.6 Å². The smallest absolute Gasteiger partial charge is 0.201 e. The van der Waals surface area contributed by atoms with Crippen molar-refractivity contribution in [1.29, 1.82) is 0 Å². The van der Waals surface area contributed by atoms with Crippen LogP contribution in [0.3, 0.4) is 0 Å². The van der Waals surface area contributed by atoms with Gasteiger partial charge in [-0.3, -0.25) is 9.55 Å². The fourth-order valence-corrected chi connectivity index (χ4v) is 14.0. The monoisotopic (exact) mass is 758 g/mol. The molecule has 0 unspecified atom stereocenters. The van der Waals surface area contributed by atoms with E-state index in [4.69, 9.17) is 14.4 Å². The molecule has 0 aliphatic carbocycles. The third-order valence-electron chi connectivity index (χ3n) is 11.9. The van der Waals surface area contributed by atoms with Crippen molar-refractivity contribution in [3.05, 3.63) is 206 Å². The molecule has 7 aromatic carbocycles. The van der Waals surface area contributed by atoms with E-state index < -0.39 is 8.07 Å². The molecule has 58 heavy (non-hydrogen) atoms. The van der Waals surface area contributed by atoms with Gasteiger partial charge in [0.2, 0.25) is 8.07 Å². The molecule has 272 valence electrons. The Morgan fingerprint density at radius 1 is 0.414 bits per heavy atom. The normalized spacial score (nSPS) is 12.1. The Hall–Kier alpha value is -7.54. The summed E-state index contributed by atoms with van der Waals surface area (Å²) in [6.45, 7) is 0. The summed E-state index contributed by atoms with van der Waals surface area (Å²) in [6, 6.07) is 71.7. The molecule has 6 heteroatoms. The number of pyridine rings is 2. The van der Waals surface area contributed by atoms with E-state index in [1.807, 2.05) is 6.20 Å². The number of furan rings is 1. The van der Waals surface area contributed by atoms with Gasteiger partial charge in [-0.15, -0.1) is 0 Å². The fraction of sp³-hybridized carbons (Fsp3) is 0. The van der Waals surface area contributed by atoms with Crippen LogP contribution in [0, 0.1) is 0 Å². The average molecular weight is 759 g/mol. The van der Waals surface area contributed by atoms with Crippen molar-refractivity contribution in [2.75, 3.05) is 0 Å². The Morgan fingerprint density at radius 2 is 0.828 bits per heavy atom. The minimum absolute atomic E-state index is 0.699. The summed E-state index contributed by atoms with van der Waals surface area (Å²) in [5, 5.41) is 10.5. The van der Waals surface area contributed by atoms with E-state index in [0.29, 0.717) is 5.58 Å². The van der Waals surface area contributed by atoms with Crippen molar-refractivity contribution in [2.24, 2.45) is 0 Å². The van der Waals surface area contributed by atoms with Crippen LogP contribution < -0.4 is 20.9 Å². The molecule has 0 N–H and O–H groups in total. The second kappa shape index (κ2) is 12.7. The highest BCUT2D eigenvalue weighted by molar-refractivity contribution is 7.19. The maximum Gasteiger partial charge on any atom is 0.201 e. The van der Waals surface area contributed by atoms with E-state index in [-0.39, 0.29) is 0 Å². The molecule has 0 fully saturated rings. The van der Waals surface area contributed by atoms with Crippen molar-refractivity contribution in [1.82, 2.24) is 19.1 Å². The summed E-state index contributed by atoms with van der Waals surface area (Å²) in [7, 11) is -2.95. The molecule has 0 aliphatic rings. The summed E-state index contributed by atoms with van der Waals surface area (Å²) in [5.74, 6) is 0.820. The number of para-hydroxylation sites is 4. The van der Waals surface area contributed by atoms with E-state index >= 15 is 0 Å². The van der Waals surface area contributed by atoms with Crippen LogP contribution in [-0.4, -0.2) is 27.2 Å². The number of fused-ring (bicyclic) bond motifs is 9. The van der Waals surface area contributed by atoms with Crippen LogP contribution in [0.15, 0.2) is 211 Å². The molecular formula is C52H34N4OSi. The Morgan fingerprint density at radius 3 is 1.29 bits per heavy atom. The topological polar surface area (TPSA) is 48.8 Å². The highest BCUT2D eigenvalue weighted by atomic mass is 28.3. The molecule has 12 rings (SSSR count). The van der Waals surface area contributed by atoms with Crippen LogP contribution in [-0.2, 0) is 0 Å². The Bertz CT molecular complexity index is 3310. The zero-order chi connectivity index (χ0) is 38.2. The number of aromatic nitrogens is 4. The van der Waals surface area contributed by atoms with Crippen molar-refractivity contribution in [3.8, 4) is 11.5 Å². The Balaban J connectivity index is 1.24. The van der Waals surface area contributed by atoms with Crippen LogP contribution in [0.25, 0.3) is 77.2 Å². The zero-order valence-electron chi connectivity index (χ0n) is 31.3. The third-order valence-corrected chi connectivity index (χ3v) is 16.5. The van der Waals surface area contributed by atoms with Gasteiger partial charge in [-0.2, -0.15) is 0 Å². The average Bonchev–Trinajstić information content (AvgIpc) is 3.95. The summed E-state index contributed by atoms with van der Waals surface area (Å²) >= 11 is 0. The Labute approximate surface area is 334 Å². The van der Waals surface area contributed by atoms with E-state index in [0.717, 1.165) is 55.4 Å². The van der Waals surface area contributed by atoms with Gasteiger partial charge in [0.1, 0.15) is 11.3 Å². The highest BCUT2D eigenvalue weighted by Gasteiger charge is 2.43. The van der Waals surface area contributed by atoms with E-state index in [1.165, 1.54) is 37.1 Å². The van der Waals surface area contributed by atoms with Crippen LogP contribution in [0.1, 0.15) is 0 Å².